The number of nitrogens with one attached hydrogen (secondary N) is 1. The molecule has 0 aliphatic carbocycles. The highest BCUT2D eigenvalue weighted by Gasteiger charge is 2.32. The fourth-order valence-corrected chi connectivity index (χ4v) is 5.10. The molecule has 0 aromatic heterocycles. The molecule has 0 saturated heterocycles. The topological polar surface area (TPSA) is 96.0 Å². The molecule has 0 aliphatic heterocycles. The maximum Gasteiger partial charge on any atom is 0.244 e. The molecule has 0 unspecified atom stereocenters. The Morgan fingerprint density at radius 1 is 1.06 bits per heavy atom. The standard InChI is InChI=1S/C24H30Cl3N3O5S/c1-5-11-28-24(32)21(6-2)29(14-16-7-8-17(25)12-19(16)26)23(31)15-30(36(4,33)34)18-9-10-22(35-3)20(27)13-18/h7-10,12-13,21H,5-6,11,14-15H2,1-4H3,(H,28,32)/t21-/m1/s1. The first-order valence-corrected chi connectivity index (χ1v) is 14.2. The van der Waals surface area contributed by atoms with Gasteiger partial charge in [0, 0.05) is 23.1 Å². The number of nitrogens with zero attached hydrogens (tertiary/aromatic N) is 2. The first-order valence-electron chi connectivity index (χ1n) is 11.2. The number of benzene rings is 2. The van der Waals surface area contributed by atoms with Crippen molar-refractivity contribution in [1.82, 2.24) is 10.2 Å². The summed E-state index contributed by atoms with van der Waals surface area (Å²) in [5.41, 5.74) is 0.749. The van der Waals surface area contributed by atoms with Gasteiger partial charge in [-0.1, -0.05) is 54.7 Å². The summed E-state index contributed by atoms with van der Waals surface area (Å²) in [6.07, 6.45) is 2.02. The van der Waals surface area contributed by atoms with Crippen molar-refractivity contribution in [2.45, 2.75) is 39.3 Å². The van der Waals surface area contributed by atoms with E-state index >= 15 is 0 Å². The van der Waals surface area contributed by atoms with Crippen molar-refractivity contribution in [3.8, 4) is 5.75 Å². The van der Waals surface area contributed by atoms with Crippen LogP contribution < -0.4 is 14.4 Å². The fourth-order valence-electron chi connectivity index (χ4n) is 3.54. The minimum Gasteiger partial charge on any atom is -0.495 e. The number of methoxy groups -OCH3 is 1. The van der Waals surface area contributed by atoms with Gasteiger partial charge in [0.15, 0.2) is 0 Å². The highest BCUT2D eigenvalue weighted by atomic mass is 35.5. The van der Waals surface area contributed by atoms with Crippen LogP contribution in [0.2, 0.25) is 15.1 Å². The second-order valence-corrected chi connectivity index (χ2v) is 11.2. The molecule has 0 fully saturated rings. The van der Waals surface area contributed by atoms with Gasteiger partial charge in [-0.15, -0.1) is 0 Å². The normalized spacial score (nSPS) is 12.1. The zero-order chi connectivity index (χ0) is 27.0. The number of amides is 2. The van der Waals surface area contributed by atoms with Crippen molar-refractivity contribution in [1.29, 1.82) is 0 Å². The summed E-state index contributed by atoms with van der Waals surface area (Å²) in [6.45, 7) is 3.57. The van der Waals surface area contributed by atoms with Gasteiger partial charge in [-0.25, -0.2) is 8.42 Å². The molecule has 1 atom stereocenters. The highest BCUT2D eigenvalue weighted by molar-refractivity contribution is 7.92. The molecular formula is C24H30Cl3N3O5S. The lowest BCUT2D eigenvalue weighted by molar-refractivity contribution is -0.140. The SMILES string of the molecule is CCCNC(=O)[C@@H](CC)N(Cc1ccc(Cl)cc1Cl)C(=O)CN(c1ccc(OC)c(Cl)c1)S(C)(=O)=O. The van der Waals surface area contributed by atoms with Crippen LogP contribution in [0.1, 0.15) is 32.3 Å². The molecule has 0 bridgehead atoms. The average Bonchev–Trinajstić information content (AvgIpc) is 2.81. The van der Waals surface area contributed by atoms with Crippen molar-refractivity contribution in [2.75, 3.05) is 30.8 Å². The van der Waals surface area contributed by atoms with Crippen LogP contribution in [0.3, 0.4) is 0 Å². The Labute approximate surface area is 227 Å². The van der Waals surface area contributed by atoms with E-state index < -0.39 is 28.5 Å². The maximum absolute atomic E-state index is 13.7. The van der Waals surface area contributed by atoms with Crippen molar-refractivity contribution in [3.05, 3.63) is 57.0 Å². The van der Waals surface area contributed by atoms with Gasteiger partial charge in [-0.2, -0.15) is 0 Å². The van der Waals surface area contributed by atoms with Crippen LogP contribution in [0, 0.1) is 0 Å². The molecule has 12 heteroatoms. The van der Waals surface area contributed by atoms with Crippen LogP contribution in [0.4, 0.5) is 5.69 Å². The number of carbonyl (C=O) groups is 2. The number of hydrogen-bond acceptors (Lipinski definition) is 5. The summed E-state index contributed by atoms with van der Waals surface area (Å²) in [7, 11) is -2.46. The lowest BCUT2D eigenvalue weighted by Gasteiger charge is -2.33. The lowest BCUT2D eigenvalue weighted by Crippen LogP contribution is -2.52. The third kappa shape index (κ3) is 7.90. The van der Waals surface area contributed by atoms with Crippen LogP contribution >= 0.6 is 34.8 Å². The molecule has 2 amide bonds. The first-order chi connectivity index (χ1) is 16.9. The lowest BCUT2D eigenvalue weighted by atomic mass is 10.1. The molecule has 0 heterocycles. The van der Waals surface area contributed by atoms with Crippen LogP contribution in [0.25, 0.3) is 0 Å². The second kappa shape index (κ2) is 13.4. The number of sulfonamides is 1. The number of hydrogen-bond donors (Lipinski definition) is 1. The van der Waals surface area contributed by atoms with Gasteiger partial charge < -0.3 is 15.0 Å². The Morgan fingerprint density at radius 2 is 1.75 bits per heavy atom. The van der Waals surface area contributed by atoms with Crippen molar-refractivity contribution >= 4 is 62.3 Å². The maximum atomic E-state index is 13.7. The monoisotopic (exact) mass is 577 g/mol. The summed E-state index contributed by atoms with van der Waals surface area (Å²) in [5.74, 6) is -0.564. The third-order valence-electron chi connectivity index (χ3n) is 5.39. The number of ether oxygens (including phenoxy) is 1. The molecule has 2 aromatic rings. The zero-order valence-electron chi connectivity index (χ0n) is 20.6. The molecule has 2 aromatic carbocycles. The minimum atomic E-state index is -3.89. The van der Waals surface area contributed by atoms with Crippen LogP contribution in [-0.4, -0.2) is 57.6 Å². The fraction of sp³-hybridized carbons (Fsp3) is 0.417. The Balaban J connectivity index is 2.48. The van der Waals surface area contributed by atoms with E-state index in [0.717, 1.165) is 17.0 Å². The Kier molecular flexibility index (Phi) is 11.2. The first kappa shape index (κ1) is 30.0. The van der Waals surface area contributed by atoms with Gasteiger partial charge >= 0.3 is 0 Å². The van der Waals surface area contributed by atoms with E-state index in [1.807, 2.05) is 6.92 Å². The largest absolute Gasteiger partial charge is 0.495 e. The molecular weight excluding hydrogens is 549 g/mol. The van der Waals surface area contributed by atoms with Gasteiger partial charge in [0.1, 0.15) is 18.3 Å². The van der Waals surface area contributed by atoms with Gasteiger partial charge in [-0.3, -0.25) is 13.9 Å². The predicted molar refractivity (Wildman–Crippen MR) is 145 cm³/mol. The number of anilines is 1. The summed E-state index contributed by atoms with van der Waals surface area (Å²) < 4.78 is 31.4. The number of rotatable bonds is 12. The van der Waals surface area contributed by atoms with Crippen LogP contribution in [-0.2, 0) is 26.2 Å². The van der Waals surface area contributed by atoms with E-state index in [9.17, 15) is 18.0 Å². The van der Waals surface area contributed by atoms with Gasteiger partial charge in [0.25, 0.3) is 0 Å². The average molecular weight is 579 g/mol. The van der Waals surface area contributed by atoms with E-state index in [1.54, 1.807) is 25.1 Å². The van der Waals surface area contributed by atoms with E-state index in [-0.39, 0.29) is 23.2 Å². The number of halogens is 3. The van der Waals surface area contributed by atoms with Crippen molar-refractivity contribution in [2.24, 2.45) is 0 Å². The molecule has 2 rings (SSSR count). The van der Waals surface area contributed by atoms with Crippen LogP contribution in [0.5, 0.6) is 5.75 Å². The zero-order valence-corrected chi connectivity index (χ0v) is 23.6. The Hall–Kier alpha value is -2.20. The molecule has 0 radical (unpaired) electrons. The van der Waals surface area contributed by atoms with Crippen LogP contribution in [0.15, 0.2) is 36.4 Å². The van der Waals surface area contributed by atoms with Gasteiger partial charge in [-0.05, 0) is 48.7 Å². The molecule has 198 valence electrons. The summed E-state index contributed by atoms with van der Waals surface area (Å²) in [6, 6.07) is 8.40. The summed E-state index contributed by atoms with van der Waals surface area (Å²) >= 11 is 18.6. The molecule has 36 heavy (non-hydrogen) atoms. The quantitative estimate of drug-likeness (QED) is 0.392. The van der Waals surface area contributed by atoms with E-state index in [4.69, 9.17) is 39.5 Å². The number of carbonyl (C=O) groups excluding carboxylic acids is 2. The molecule has 0 aliphatic rings. The van der Waals surface area contributed by atoms with Crippen molar-refractivity contribution in [3.63, 3.8) is 0 Å². The van der Waals surface area contributed by atoms with Gasteiger partial charge in [0.05, 0.1) is 24.1 Å². The minimum absolute atomic E-state index is 0.0200. The van der Waals surface area contributed by atoms with Crippen molar-refractivity contribution < 1.29 is 22.7 Å². The summed E-state index contributed by atoms with van der Waals surface area (Å²) in [4.78, 5) is 27.9. The van der Waals surface area contributed by atoms with Gasteiger partial charge in [0.2, 0.25) is 21.8 Å². The summed E-state index contributed by atoms with van der Waals surface area (Å²) in [5, 5.41) is 3.75. The molecule has 8 nitrogen and oxygen atoms in total. The second-order valence-electron chi connectivity index (χ2n) is 8.06. The smallest absolute Gasteiger partial charge is 0.244 e. The van der Waals surface area contributed by atoms with E-state index in [0.29, 0.717) is 34.3 Å². The Bertz CT molecular complexity index is 1190. The molecule has 0 spiro atoms. The molecule has 1 N–H and O–H groups in total. The van der Waals surface area contributed by atoms with E-state index in [1.165, 1.54) is 30.2 Å². The van der Waals surface area contributed by atoms with E-state index in [2.05, 4.69) is 5.32 Å². The third-order valence-corrected chi connectivity index (χ3v) is 7.42. The highest BCUT2D eigenvalue weighted by Crippen LogP contribution is 2.30. The molecule has 0 saturated carbocycles. The Morgan fingerprint density at radius 3 is 2.28 bits per heavy atom. The predicted octanol–water partition coefficient (Wildman–Crippen LogP) is 4.76.